The average Bonchev–Trinajstić information content (AvgIpc) is 2.72. The number of carbonyl (C=O) groups is 3. The highest BCUT2D eigenvalue weighted by molar-refractivity contribution is 8.14. The summed E-state index contributed by atoms with van der Waals surface area (Å²) >= 11 is 1.01. The summed E-state index contributed by atoms with van der Waals surface area (Å²) in [5, 5.41) is 2.45. The van der Waals surface area contributed by atoms with Gasteiger partial charge in [0.2, 0.25) is 11.8 Å². The third-order valence-corrected chi connectivity index (χ3v) is 3.67. The molecule has 0 radical (unpaired) electrons. The number of amides is 3. The van der Waals surface area contributed by atoms with E-state index in [2.05, 4.69) is 5.32 Å². The number of rotatable bonds is 4. The summed E-state index contributed by atoms with van der Waals surface area (Å²) in [4.78, 5) is 35.6. The van der Waals surface area contributed by atoms with E-state index in [1.165, 1.54) is 4.90 Å². The van der Waals surface area contributed by atoms with Crippen LogP contribution in [0.5, 0.6) is 0 Å². The predicted molar refractivity (Wildman–Crippen MR) is 77.1 cm³/mol. The maximum absolute atomic E-state index is 11.5. The van der Waals surface area contributed by atoms with Crippen LogP contribution in [0.2, 0.25) is 0 Å². The Kier molecular flexibility index (Phi) is 4.41. The lowest BCUT2D eigenvalue weighted by Crippen LogP contribution is -2.32. The quantitative estimate of drug-likeness (QED) is 0.869. The fraction of sp³-hybridized carbons (Fsp3) is 0.308. The zero-order valence-corrected chi connectivity index (χ0v) is 11.8. The number of thioether (sulfide) groups is 1. The molecule has 1 aliphatic heterocycles. The van der Waals surface area contributed by atoms with Crippen molar-refractivity contribution in [1.82, 2.24) is 4.90 Å². The van der Waals surface area contributed by atoms with Crippen LogP contribution >= 0.6 is 11.8 Å². The van der Waals surface area contributed by atoms with E-state index in [1.54, 1.807) is 31.2 Å². The molecule has 6 nitrogen and oxygen atoms in total. The molecule has 3 amide bonds. The van der Waals surface area contributed by atoms with Crippen molar-refractivity contribution >= 4 is 34.5 Å². The van der Waals surface area contributed by atoms with Crippen molar-refractivity contribution in [1.29, 1.82) is 0 Å². The van der Waals surface area contributed by atoms with Crippen LogP contribution in [-0.4, -0.2) is 33.7 Å². The Balaban J connectivity index is 2.00. The van der Waals surface area contributed by atoms with Crippen LogP contribution in [0, 0.1) is 0 Å². The molecule has 1 aliphatic rings. The zero-order valence-electron chi connectivity index (χ0n) is 11.0. The van der Waals surface area contributed by atoms with Crippen LogP contribution in [0.25, 0.3) is 0 Å². The van der Waals surface area contributed by atoms with Gasteiger partial charge < -0.3 is 11.1 Å². The normalized spacial score (nSPS) is 16.4. The second-order valence-electron chi connectivity index (χ2n) is 4.51. The molecule has 1 atom stereocenters. The van der Waals surface area contributed by atoms with Crippen LogP contribution < -0.4 is 11.1 Å². The summed E-state index contributed by atoms with van der Waals surface area (Å²) in [6, 6.07) is 6.38. The Bertz CT molecular complexity index is 526. The van der Waals surface area contributed by atoms with Crippen molar-refractivity contribution in [3.63, 3.8) is 0 Å². The highest BCUT2D eigenvalue weighted by Gasteiger charge is 2.29. The van der Waals surface area contributed by atoms with Gasteiger partial charge in [0.05, 0.1) is 18.3 Å². The van der Waals surface area contributed by atoms with Crippen LogP contribution in [0.4, 0.5) is 10.5 Å². The summed E-state index contributed by atoms with van der Waals surface area (Å²) in [5.74, 6) is -0.227. The summed E-state index contributed by atoms with van der Waals surface area (Å²) in [6.07, 6.45) is 0. The second kappa shape index (κ2) is 6.06. The van der Waals surface area contributed by atoms with Crippen molar-refractivity contribution in [2.75, 3.05) is 11.1 Å². The molecular weight excluding hydrogens is 278 g/mol. The minimum Gasteiger partial charge on any atom is -0.325 e. The first-order valence-corrected chi connectivity index (χ1v) is 7.08. The van der Waals surface area contributed by atoms with Gasteiger partial charge in [0.15, 0.2) is 0 Å². The van der Waals surface area contributed by atoms with Gasteiger partial charge in [-0.25, -0.2) is 0 Å². The standard InChI is InChI=1S/C13H15N3O3S/c1-8(14)12(18)15-10-4-2-9(3-5-10)6-16-11(17)7-20-13(16)19/h2-5,8H,6-7,14H2,1H3,(H,15,18)/t8-/m0/s1. The number of nitrogens with two attached hydrogens (primary N) is 1. The Morgan fingerprint density at radius 1 is 1.40 bits per heavy atom. The lowest BCUT2D eigenvalue weighted by atomic mass is 10.2. The molecule has 106 valence electrons. The zero-order chi connectivity index (χ0) is 14.7. The molecule has 0 bridgehead atoms. The van der Waals surface area contributed by atoms with Gasteiger partial charge in [-0.3, -0.25) is 19.3 Å². The van der Waals surface area contributed by atoms with E-state index in [0.29, 0.717) is 5.69 Å². The van der Waals surface area contributed by atoms with Gasteiger partial charge in [-0.2, -0.15) is 0 Å². The SMILES string of the molecule is C[C@H](N)C(=O)Nc1ccc(CN2C(=O)CSC2=O)cc1. The van der Waals surface area contributed by atoms with Crippen molar-refractivity contribution in [2.45, 2.75) is 19.5 Å². The highest BCUT2D eigenvalue weighted by atomic mass is 32.2. The molecule has 1 fully saturated rings. The van der Waals surface area contributed by atoms with Crippen LogP contribution in [0.1, 0.15) is 12.5 Å². The van der Waals surface area contributed by atoms with Gasteiger partial charge in [0.25, 0.3) is 5.24 Å². The maximum Gasteiger partial charge on any atom is 0.289 e. The highest BCUT2D eigenvalue weighted by Crippen LogP contribution is 2.21. The molecule has 1 heterocycles. The number of nitrogens with one attached hydrogen (secondary N) is 1. The van der Waals surface area contributed by atoms with Crippen LogP contribution in [0.15, 0.2) is 24.3 Å². The van der Waals surface area contributed by atoms with Crippen molar-refractivity contribution in [3.05, 3.63) is 29.8 Å². The first kappa shape index (κ1) is 14.5. The molecule has 1 aromatic carbocycles. The van der Waals surface area contributed by atoms with E-state index in [4.69, 9.17) is 5.73 Å². The molecule has 0 unspecified atom stereocenters. The van der Waals surface area contributed by atoms with Crippen molar-refractivity contribution in [2.24, 2.45) is 5.73 Å². The monoisotopic (exact) mass is 293 g/mol. The molecule has 3 N–H and O–H groups in total. The third kappa shape index (κ3) is 3.37. The third-order valence-electron chi connectivity index (χ3n) is 2.82. The minimum absolute atomic E-state index is 0.172. The smallest absolute Gasteiger partial charge is 0.289 e. The topological polar surface area (TPSA) is 92.5 Å². The largest absolute Gasteiger partial charge is 0.325 e. The van der Waals surface area contributed by atoms with Gasteiger partial charge in [-0.05, 0) is 24.6 Å². The molecule has 7 heteroatoms. The number of carbonyl (C=O) groups excluding carboxylic acids is 3. The maximum atomic E-state index is 11.5. The number of anilines is 1. The first-order chi connectivity index (χ1) is 9.47. The first-order valence-electron chi connectivity index (χ1n) is 6.10. The fourth-order valence-corrected chi connectivity index (χ4v) is 2.39. The van der Waals surface area contributed by atoms with Gasteiger partial charge in [0.1, 0.15) is 0 Å². The molecule has 0 aliphatic carbocycles. The Morgan fingerprint density at radius 3 is 2.55 bits per heavy atom. The lowest BCUT2D eigenvalue weighted by molar-refractivity contribution is -0.125. The second-order valence-corrected chi connectivity index (χ2v) is 5.44. The van der Waals surface area contributed by atoms with E-state index in [1.807, 2.05) is 0 Å². The van der Waals surface area contributed by atoms with Gasteiger partial charge in [-0.15, -0.1) is 0 Å². The van der Waals surface area contributed by atoms with Crippen LogP contribution in [-0.2, 0) is 16.1 Å². The predicted octanol–water partition coefficient (Wildman–Crippen LogP) is 1.17. The molecule has 0 spiro atoms. The van der Waals surface area contributed by atoms with E-state index in [0.717, 1.165) is 17.3 Å². The summed E-state index contributed by atoms with van der Waals surface area (Å²) in [7, 11) is 0. The molecular formula is C13H15N3O3S. The fourth-order valence-electron chi connectivity index (χ4n) is 1.67. The number of nitrogens with zero attached hydrogens (tertiary/aromatic N) is 1. The molecule has 0 saturated carbocycles. The van der Waals surface area contributed by atoms with Crippen molar-refractivity contribution < 1.29 is 14.4 Å². The van der Waals surface area contributed by atoms with E-state index in [9.17, 15) is 14.4 Å². The van der Waals surface area contributed by atoms with Crippen molar-refractivity contribution in [3.8, 4) is 0 Å². The van der Waals surface area contributed by atoms with E-state index in [-0.39, 0.29) is 29.4 Å². The van der Waals surface area contributed by atoms with Gasteiger partial charge >= 0.3 is 0 Å². The summed E-state index contributed by atoms with van der Waals surface area (Å²) in [6.45, 7) is 1.86. The Labute approximate surface area is 120 Å². The molecule has 20 heavy (non-hydrogen) atoms. The minimum atomic E-state index is -0.577. The number of hydrogen-bond donors (Lipinski definition) is 2. The molecule has 0 aromatic heterocycles. The van der Waals surface area contributed by atoms with E-state index >= 15 is 0 Å². The Morgan fingerprint density at radius 2 is 2.05 bits per heavy atom. The Hall–Kier alpha value is -1.86. The number of hydrogen-bond acceptors (Lipinski definition) is 5. The molecule has 1 saturated heterocycles. The lowest BCUT2D eigenvalue weighted by Gasteiger charge is -2.13. The van der Waals surface area contributed by atoms with E-state index < -0.39 is 6.04 Å². The summed E-state index contributed by atoms with van der Waals surface area (Å²) in [5.41, 5.74) is 6.91. The summed E-state index contributed by atoms with van der Waals surface area (Å²) < 4.78 is 0. The molecule has 1 aromatic rings. The average molecular weight is 293 g/mol. The number of imide groups is 1. The van der Waals surface area contributed by atoms with Gasteiger partial charge in [0, 0.05) is 5.69 Å². The molecule has 2 rings (SSSR count). The van der Waals surface area contributed by atoms with Crippen LogP contribution in [0.3, 0.4) is 0 Å². The number of benzene rings is 1. The van der Waals surface area contributed by atoms with Gasteiger partial charge in [-0.1, -0.05) is 23.9 Å².